The zero-order valence-corrected chi connectivity index (χ0v) is 12.5. The number of amides is 1. The highest BCUT2D eigenvalue weighted by molar-refractivity contribution is 5.88. The molecule has 2 N–H and O–H groups in total. The number of nitrogens with zero attached hydrogens (tertiary/aromatic N) is 1. The van der Waals surface area contributed by atoms with E-state index >= 15 is 0 Å². The molecule has 0 radical (unpaired) electrons. The molecule has 0 bridgehead atoms. The Balaban J connectivity index is 2.07. The summed E-state index contributed by atoms with van der Waals surface area (Å²) >= 11 is 0. The van der Waals surface area contributed by atoms with Gasteiger partial charge in [-0.15, -0.1) is 0 Å². The van der Waals surface area contributed by atoms with Crippen LogP contribution in [0.2, 0.25) is 0 Å². The number of benzene rings is 1. The van der Waals surface area contributed by atoms with Crippen LogP contribution >= 0.6 is 0 Å². The average molecular weight is 290 g/mol. The van der Waals surface area contributed by atoms with Crippen LogP contribution in [0.4, 0.5) is 5.69 Å². The number of nitrogens with one attached hydrogen (secondary N) is 1. The normalized spacial score (nSPS) is 16.4. The third-order valence-electron chi connectivity index (χ3n) is 3.83. The highest BCUT2D eigenvalue weighted by Crippen LogP contribution is 2.32. The SMILES string of the molecule is CC(C)N(CCCC(=O)O)C(=O)C1CNc2ccccc21. The second kappa shape index (κ2) is 6.61. The van der Waals surface area contributed by atoms with Crippen LogP contribution in [0.1, 0.15) is 38.2 Å². The molecular weight excluding hydrogens is 268 g/mol. The van der Waals surface area contributed by atoms with Crippen molar-refractivity contribution >= 4 is 17.6 Å². The molecule has 1 atom stereocenters. The van der Waals surface area contributed by atoms with E-state index in [9.17, 15) is 9.59 Å². The third kappa shape index (κ3) is 3.54. The van der Waals surface area contributed by atoms with Crippen molar-refractivity contribution < 1.29 is 14.7 Å². The molecule has 1 amide bonds. The van der Waals surface area contributed by atoms with Gasteiger partial charge in [0.2, 0.25) is 5.91 Å². The highest BCUT2D eigenvalue weighted by Gasteiger charge is 2.32. The van der Waals surface area contributed by atoms with Gasteiger partial charge in [-0.3, -0.25) is 9.59 Å². The number of hydrogen-bond donors (Lipinski definition) is 2. The van der Waals surface area contributed by atoms with Gasteiger partial charge < -0.3 is 15.3 Å². The van der Waals surface area contributed by atoms with Gasteiger partial charge in [-0.1, -0.05) is 18.2 Å². The maximum Gasteiger partial charge on any atom is 0.303 e. The summed E-state index contributed by atoms with van der Waals surface area (Å²) in [5, 5.41) is 12.0. The summed E-state index contributed by atoms with van der Waals surface area (Å²) in [5.74, 6) is -0.916. The Bertz CT molecular complexity index is 528. The van der Waals surface area contributed by atoms with E-state index in [1.807, 2.05) is 38.1 Å². The fraction of sp³-hybridized carbons (Fsp3) is 0.500. The van der Waals surface area contributed by atoms with Crippen LogP contribution in [-0.4, -0.2) is 41.0 Å². The Kier molecular flexibility index (Phi) is 4.83. The molecule has 1 aromatic carbocycles. The summed E-state index contributed by atoms with van der Waals surface area (Å²) in [7, 11) is 0. The molecule has 1 aliphatic rings. The maximum atomic E-state index is 12.8. The maximum absolute atomic E-state index is 12.8. The van der Waals surface area contributed by atoms with Crippen molar-refractivity contribution in [3.05, 3.63) is 29.8 Å². The van der Waals surface area contributed by atoms with Crippen molar-refractivity contribution in [2.24, 2.45) is 0 Å². The first-order valence-electron chi connectivity index (χ1n) is 7.35. The van der Waals surface area contributed by atoms with Gasteiger partial charge in [-0.25, -0.2) is 0 Å². The Morgan fingerprint density at radius 2 is 2.10 bits per heavy atom. The number of hydrogen-bond acceptors (Lipinski definition) is 3. The molecule has 1 unspecified atom stereocenters. The van der Waals surface area contributed by atoms with E-state index in [4.69, 9.17) is 5.11 Å². The van der Waals surface area contributed by atoms with Crippen LogP contribution in [0.5, 0.6) is 0 Å². The van der Waals surface area contributed by atoms with Crippen LogP contribution in [0.3, 0.4) is 0 Å². The number of aliphatic carboxylic acids is 1. The molecular formula is C16H22N2O3. The van der Waals surface area contributed by atoms with Crippen LogP contribution in [0.25, 0.3) is 0 Å². The van der Waals surface area contributed by atoms with E-state index in [1.165, 1.54) is 0 Å². The van der Waals surface area contributed by atoms with E-state index in [-0.39, 0.29) is 24.3 Å². The lowest BCUT2D eigenvalue weighted by Crippen LogP contribution is -2.41. The zero-order valence-electron chi connectivity index (χ0n) is 12.5. The van der Waals surface area contributed by atoms with Gasteiger partial charge in [0.05, 0.1) is 5.92 Å². The van der Waals surface area contributed by atoms with Crippen molar-refractivity contribution in [2.45, 2.75) is 38.6 Å². The molecule has 0 saturated carbocycles. The minimum atomic E-state index is -0.820. The number of carboxylic acids is 1. The molecule has 0 spiro atoms. The van der Waals surface area contributed by atoms with Crippen LogP contribution < -0.4 is 5.32 Å². The monoisotopic (exact) mass is 290 g/mol. The second-order valence-electron chi connectivity index (χ2n) is 5.64. The number of rotatable bonds is 6. The predicted molar refractivity (Wildman–Crippen MR) is 81.4 cm³/mol. The molecule has 0 aromatic heterocycles. The van der Waals surface area contributed by atoms with Crippen LogP contribution in [-0.2, 0) is 9.59 Å². The van der Waals surface area contributed by atoms with Gasteiger partial charge >= 0.3 is 5.97 Å². The third-order valence-corrected chi connectivity index (χ3v) is 3.83. The molecule has 2 rings (SSSR count). The summed E-state index contributed by atoms with van der Waals surface area (Å²) in [6.07, 6.45) is 0.580. The number of carbonyl (C=O) groups is 2. The number of carbonyl (C=O) groups excluding carboxylic acids is 1. The molecule has 5 nitrogen and oxygen atoms in total. The van der Waals surface area contributed by atoms with E-state index in [0.29, 0.717) is 19.5 Å². The Morgan fingerprint density at radius 3 is 2.76 bits per heavy atom. The first-order valence-corrected chi connectivity index (χ1v) is 7.35. The minimum Gasteiger partial charge on any atom is -0.481 e. The fourth-order valence-electron chi connectivity index (χ4n) is 2.73. The first-order chi connectivity index (χ1) is 10.0. The molecule has 21 heavy (non-hydrogen) atoms. The van der Waals surface area contributed by atoms with Crippen molar-refractivity contribution in [1.29, 1.82) is 0 Å². The number of para-hydroxylation sites is 1. The van der Waals surface area contributed by atoms with Crippen molar-refractivity contribution in [3.63, 3.8) is 0 Å². The van der Waals surface area contributed by atoms with Gasteiger partial charge in [-0.05, 0) is 31.9 Å². The lowest BCUT2D eigenvalue weighted by molar-refractivity contribution is -0.139. The molecule has 0 saturated heterocycles. The summed E-state index contributed by atoms with van der Waals surface area (Å²) in [6, 6.07) is 7.92. The van der Waals surface area contributed by atoms with E-state index in [1.54, 1.807) is 4.90 Å². The largest absolute Gasteiger partial charge is 0.481 e. The summed E-state index contributed by atoms with van der Waals surface area (Å²) in [6.45, 7) is 5.03. The van der Waals surface area contributed by atoms with Gasteiger partial charge in [-0.2, -0.15) is 0 Å². The molecule has 0 aliphatic carbocycles. The quantitative estimate of drug-likeness (QED) is 0.843. The molecule has 1 aliphatic heterocycles. The Morgan fingerprint density at radius 1 is 1.38 bits per heavy atom. The highest BCUT2D eigenvalue weighted by atomic mass is 16.4. The second-order valence-corrected chi connectivity index (χ2v) is 5.64. The minimum absolute atomic E-state index is 0.0686. The number of fused-ring (bicyclic) bond motifs is 1. The summed E-state index contributed by atoms with van der Waals surface area (Å²) in [5.41, 5.74) is 2.05. The fourth-order valence-corrected chi connectivity index (χ4v) is 2.73. The van der Waals surface area contributed by atoms with Gasteiger partial charge in [0, 0.05) is 31.2 Å². The van der Waals surface area contributed by atoms with Crippen molar-refractivity contribution in [2.75, 3.05) is 18.4 Å². The summed E-state index contributed by atoms with van der Waals surface area (Å²) < 4.78 is 0. The lowest BCUT2D eigenvalue weighted by Gasteiger charge is -2.29. The molecule has 114 valence electrons. The molecule has 5 heteroatoms. The van der Waals surface area contributed by atoms with Crippen LogP contribution in [0.15, 0.2) is 24.3 Å². The van der Waals surface area contributed by atoms with Gasteiger partial charge in [0.1, 0.15) is 0 Å². The Hall–Kier alpha value is -2.04. The first kappa shape index (κ1) is 15.4. The van der Waals surface area contributed by atoms with Crippen LogP contribution in [0, 0.1) is 0 Å². The smallest absolute Gasteiger partial charge is 0.303 e. The van der Waals surface area contributed by atoms with E-state index < -0.39 is 5.97 Å². The number of anilines is 1. The average Bonchev–Trinajstić information content (AvgIpc) is 2.86. The zero-order chi connectivity index (χ0) is 15.4. The summed E-state index contributed by atoms with van der Waals surface area (Å²) in [4.78, 5) is 25.2. The number of carboxylic acid groups (broad SMARTS) is 1. The molecule has 1 heterocycles. The van der Waals surface area contributed by atoms with Gasteiger partial charge in [0.25, 0.3) is 0 Å². The van der Waals surface area contributed by atoms with E-state index in [2.05, 4.69) is 5.32 Å². The lowest BCUT2D eigenvalue weighted by atomic mass is 9.99. The molecule has 1 aromatic rings. The van der Waals surface area contributed by atoms with Crippen molar-refractivity contribution in [1.82, 2.24) is 4.90 Å². The van der Waals surface area contributed by atoms with E-state index in [0.717, 1.165) is 11.3 Å². The standard InChI is InChI=1S/C16H22N2O3/c1-11(2)18(9-5-8-15(19)20)16(21)13-10-17-14-7-4-3-6-12(13)14/h3-4,6-7,11,13,17H,5,8-10H2,1-2H3,(H,19,20). The topological polar surface area (TPSA) is 69.6 Å². The Labute approximate surface area is 125 Å². The van der Waals surface area contributed by atoms with Gasteiger partial charge in [0.15, 0.2) is 0 Å². The molecule has 0 fully saturated rings. The predicted octanol–water partition coefficient (Wildman–Crippen LogP) is 2.30. The van der Waals surface area contributed by atoms with Crippen molar-refractivity contribution in [3.8, 4) is 0 Å².